The van der Waals surface area contributed by atoms with E-state index in [1.165, 1.54) is 0 Å². The van der Waals surface area contributed by atoms with Gasteiger partial charge in [0.2, 0.25) is 5.91 Å². The highest BCUT2D eigenvalue weighted by atomic mass is 35.5. The molecule has 2 aliphatic heterocycles. The third-order valence-electron chi connectivity index (χ3n) is 5.74. The molecule has 2 saturated heterocycles. The van der Waals surface area contributed by atoms with Gasteiger partial charge in [-0.25, -0.2) is 0 Å². The van der Waals surface area contributed by atoms with Gasteiger partial charge >= 0.3 is 0 Å². The smallest absolute Gasteiger partial charge is 0.257 e. The highest BCUT2D eigenvalue weighted by molar-refractivity contribution is 6.05. The SMILES string of the molecule is CNCCN1C(=O)CC[C@H]2CN(C(=O)c3coc4ccccc34)CC[C@H]21.Cl. The van der Waals surface area contributed by atoms with E-state index in [9.17, 15) is 9.59 Å². The molecule has 1 N–H and O–H groups in total. The lowest BCUT2D eigenvalue weighted by Crippen LogP contribution is -2.57. The van der Waals surface area contributed by atoms with Gasteiger partial charge in [0.1, 0.15) is 11.8 Å². The predicted octanol–water partition coefficient (Wildman–Crippen LogP) is 2.53. The number of hydrogen-bond acceptors (Lipinski definition) is 4. The van der Waals surface area contributed by atoms with E-state index in [1.807, 2.05) is 41.1 Å². The van der Waals surface area contributed by atoms with E-state index >= 15 is 0 Å². The van der Waals surface area contributed by atoms with Gasteiger partial charge < -0.3 is 19.5 Å². The largest absolute Gasteiger partial charge is 0.463 e. The number of nitrogens with zero attached hydrogens (tertiary/aromatic N) is 2. The minimum absolute atomic E-state index is 0. The minimum atomic E-state index is 0. The molecule has 2 amide bonds. The molecule has 0 aliphatic carbocycles. The van der Waals surface area contributed by atoms with Crippen molar-refractivity contribution in [1.82, 2.24) is 15.1 Å². The van der Waals surface area contributed by atoms with Gasteiger partial charge in [-0.05, 0) is 31.9 Å². The van der Waals surface area contributed by atoms with Gasteiger partial charge in [-0.1, -0.05) is 18.2 Å². The number of fused-ring (bicyclic) bond motifs is 2. The van der Waals surface area contributed by atoms with Crippen molar-refractivity contribution in [2.75, 3.05) is 33.2 Å². The quantitative estimate of drug-likeness (QED) is 0.869. The number of likely N-dealkylation sites (tertiary alicyclic amines) is 2. The fraction of sp³-hybridized carbons (Fsp3) is 0.500. The first-order valence-corrected chi connectivity index (χ1v) is 9.38. The van der Waals surface area contributed by atoms with Crippen LogP contribution < -0.4 is 5.32 Å². The molecule has 7 heteroatoms. The van der Waals surface area contributed by atoms with Gasteiger partial charge in [-0.15, -0.1) is 12.4 Å². The van der Waals surface area contributed by atoms with Crippen LogP contribution in [0.5, 0.6) is 0 Å². The van der Waals surface area contributed by atoms with Gasteiger partial charge in [0.25, 0.3) is 5.91 Å². The van der Waals surface area contributed by atoms with Crippen LogP contribution in [-0.4, -0.2) is 60.9 Å². The van der Waals surface area contributed by atoms with Crippen molar-refractivity contribution in [2.45, 2.75) is 25.3 Å². The van der Waals surface area contributed by atoms with E-state index in [4.69, 9.17) is 4.42 Å². The first kappa shape index (κ1) is 19.7. The number of halogens is 1. The zero-order chi connectivity index (χ0) is 18.1. The van der Waals surface area contributed by atoms with Crippen LogP contribution in [0.1, 0.15) is 29.6 Å². The second-order valence-electron chi connectivity index (χ2n) is 7.24. The second-order valence-corrected chi connectivity index (χ2v) is 7.24. The number of piperidine rings is 2. The Bertz CT molecular complexity index is 822. The monoisotopic (exact) mass is 391 g/mol. The number of para-hydroxylation sites is 1. The van der Waals surface area contributed by atoms with Crippen molar-refractivity contribution in [1.29, 1.82) is 0 Å². The Morgan fingerprint density at radius 3 is 2.93 bits per heavy atom. The van der Waals surface area contributed by atoms with E-state index in [-0.39, 0.29) is 30.3 Å². The van der Waals surface area contributed by atoms with Gasteiger partial charge in [0.15, 0.2) is 0 Å². The summed E-state index contributed by atoms with van der Waals surface area (Å²) in [5.41, 5.74) is 1.38. The molecular weight excluding hydrogens is 366 g/mol. The number of furan rings is 1. The molecule has 1 aromatic carbocycles. The summed E-state index contributed by atoms with van der Waals surface area (Å²) in [6.07, 6.45) is 3.88. The predicted molar refractivity (Wildman–Crippen MR) is 106 cm³/mol. The number of rotatable bonds is 4. The highest BCUT2D eigenvalue weighted by Gasteiger charge is 2.40. The molecule has 3 heterocycles. The number of hydrogen-bond donors (Lipinski definition) is 1. The number of carbonyl (C=O) groups excluding carboxylic acids is 2. The molecule has 2 atom stereocenters. The molecule has 0 unspecified atom stereocenters. The molecule has 2 aromatic rings. The Balaban J connectivity index is 0.00000210. The molecule has 0 spiro atoms. The molecule has 4 rings (SSSR count). The van der Waals surface area contributed by atoms with Crippen LogP contribution in [0.2, 0.25) is 0 Å². The summed E-state index contributed by atoms with van der Waals surface area (Å²) in [4.78, 5) is 29.3. The Morgan fingerprint density at radius 2 is 2.11 bits per heavy atom. The summed E-state index contributed by atoms with van der Waals surface area (Å²) in [7, 11) is 1.91. The number of carbonyl (C=O) groups is 2. The van der Waals surface area contributed by atoms with Crippen LogP contribution in [0.4, 0.5) is 0 Å². The summed E-state index contributed by atoms with van der Waals surface area (Å²) in [6.45, 7) is 2.95. The Labute approximate surface area is 165 Å². The van der Waals surface area contributed by atoms with Crippen LogP contribution in [0.25, 0.3) is 11.0 Å². The van der Waals surface area contributed by atoms with Crippen molar-refractivity contribution in [2.24, 2.45) is 5.92 Å². The van der Waals surface area contributed by atoms with Crippen molar-refractivity contribution < 1.29 is 14.0 Å². The Hall–Kier alpha value is -2.05. The molecule has 146 valence electrons. The second kappa shape index (κ2) is 8.31. The van der Waals surface area contributed by atoms with Gasteiger partial charge in [-0.2, -0.15) is 0 Å². The average molecular weight is 392 g/mol. The van der Waals surface area contributed by atoms with Gasteiger partial charge in [0, 0.05) is 44.0 Å². The fourth-order valence-electron chi connectivity index (χ4n) is 4.37. The fourth-order valence-corrected chi connectivity index (χ4v) is 4.37. The van der Waals surface area contributed by atoms with Crippen molar-refractivity contribution in [3.63, 3.8) is 0 Å². The third-order valence-corrected chi connectivity index (χ3v) is 5.74. The maximum Gasteiger partial charge on any atom is 0.257 e. The van der Waals surface area contributed by atoms with Gasteiger partial charge in [-0.3, -0.25) is 9.59 Å². The molecule has 0 bridgehead atoms. The van der Waals surface area contributed by atoms with E-state index in [0.717, 1.165) is 36.9 Å². The Morgan fingerprint density at radius 1 is 1.30 bits per heavy atom. The highest BCUT2D eigenvalue weighted by Crippen LogP contribution is 2.32. The first-order valence-electron chi connectivity index (χ1n) is 9.38. The van der Waals surface area contributed by atoms with Crippen molar-refractivity contribution in [3.8, 4) is 0 Å². The summed E-state index contributed by atoms with van der Waals surface area (Å²) < 4.78 is 5.54. The maximum absolute atomic E-state index is 13.0. The summed E-state index contributed by atoms with van der Waals surface area (Å²) in [5.74, 6) is 0.648. The molecule has 0 radical (unpaired) electrons. The molecule has 0 saturated carbocycles. The number of nitrogens with one attached hydrogen (secondary N) is 1. The van der Waals surface area contributed by atoms with E-state index in [0.29, 0.717) is 31.0 Å². The molecule has 6 nitrogen and oxygen atoms in total. The molecule has 27 heavy (non-hydrogen) atoms. The Kier molecular flexibility index (Phi) is 6.07. The lowest BCUT2D eigenvalue weighted by atomic mass is 9.83. The minimum Gasteiger partial charge on any atom is -0.463 e. The van der Waals surface area contributed by atoms with E-state index in [1.54, 1.807) is 6.26 Å². The summed E-state index contributed by atoms with van der Waals surface area (Å²) in [5, 5.41) is 3.99. The lowest BCUT2D eigenvalue weighted by molar-refractivity contribution is -0.140. The zero-order valence-electron chi connectivity index (χ0n) is 15.5. The number of likely N-dealkylation sites (N-methyl/N-ethyl adjacent to an activating group) is 1. The molecular formula is C20H26ClN3O3. The molecule has 2 fully saturated rings. The average Bonchev–Trinajstić information content (AvgIpc) is 3.10. The topological polar surface area (TPSA) is 65.8 Å². The van der Waals surface area contributed by atoms with Gasteiger partial charge in [0.05, 0.1) is 5.56 Å². The number of benzene rings is 1. The summed E-state index contributed by atoms with van der Waals surface area (Å²) >= 11 is 0. The van der Waals surface area contributed by atoms with Crippen LogP contribution in [-0.2, 0) is 4.79 Å². The van der Waals surface area contributed by atoms with Crippen LogP contribution in [0, 0.1) is 5.92 Å². The van der Waals surface area contributed by atoms with Crippen LogP contribution in [0.3, 0.4) is 0 Å². The molecule has 1 aromatic heterocycles. The first-order chi connectivity index (χ1) is 12.7. The lowest BCUT2D eigenvalue weighted by Gasteiger charge is -2.47. The van der Waals surface area contributed by atoms with E-state index < -0.39 is 0 Å². The standard InChI is InChI=1S/C20H25N3O3.ClH/c1-21-9-11-23-17-8-10-22(12-14(17)6-7-19(23)24)20(25)16-13-26-18-5-3-2-4-15(16)18;/h2-5,13-14,17,21H,6-12H2,1H3;1H/t14-,17+;/m0./s1. The van der Waals surface area contributed by atoms with E-state index in [2.05, 4.69) is 5.32 Å². The molecule has 2 aliphatic rings. The third kappa shape index (κ3) is 3.69. The zero-order valence-corrected chi connectivity index (χ0v) is 16.3. The van der Waals surface area contributed by atoms with Crippen molar-refractivity contribution in [3.05, 3.63) is 36.1 Å². The number of amides is 2. The maximum atomic E-state index is 13.0. The van der Waals surface area contributed by atoms with Crippen LogP contribution in [0.15, 0.2) is 34.9 Å². The van der Waals surface area contributed by atoms with Crippen LogP contribution >= 0.6 is 12.4 Å². The van der Waals surface area contributed by atoms with Crippen molar-refractivity contribution >= 4 is 35.2 Å². The normalized spacial score (nSPS) is 22.5. The summed E-state index contributed by atoms with van der Waals surface area (Å²) in [6, 6.07) is 7.90.